The SMILES string of the molecule is CN=C1NC(=O)C[C@]2(CCc3ccc(-c4cccc(C(C)(F)F)c4)cc32)N1. The molecule has 6 heteroatoms. The molecule has 0 bridgehead atoms. The number of aliphatic imine (C=N–C) groups is 1. The Morgan fingerprint density at radius 2 is 1.93 bits per heavy atom. The molecule has 1 atom stereocenters. The third-order valence-corrected chi connectivity index (χ3v) is 5.45. The van der Waals surface area contributed by atoms with Crippen molar-refractivity contribution in [2.75, 3.05) is 7.05 Å². The lowest BCUT2D eigenvalue weighted by Crippen LogP contribution is -2.58. The minimum Gasteiger partial charge on any atom is -0.346 e. The molecular formula is C21H21F2N3O. The molecule has 2 aromatic rings. The summed E-state index contributed by atoms with van der Waals surface area (Å²) in [6.07, 6.45) is 1.99. The molecule has 1 heterocycles. The highest BCUT2D eigenvalue weighted by Gasteiger charge is 2.44. The first-order valence-electron chi connectivity index (χ1n) is 8.98. The zero-order valence-electron chi connectivity index (χ0n) is 15.3. The molecule has 1 aliphatic carbocycles. The maximum absolute atomic E-state index is 13.7. The summed E-state index contributed by atoms with van der Waals surface area (Å²) in [6.45, 7) is 0.903. The molecule has 4 rings (SSSR count). The number of guanidine groups is 1. The van der Waals surface area contributed by atoms with E-state index in [0.29, 0.717) is 12.4 Å². The first-order valence-corrected chi connectivity index (χ1v) is 8.98. The fourth-order valence-electron chi connectivity index (χ4n) is 4.05. The van der Waals surface area contributed by atoms with Gasteiger partial charge in [0.25, 0.3) is 5.92 Å². The summed E-state index contributed by atoms with van der Waals surface area (Å²) in [4.78, 5) is 16.3. The summed E-state index contributed by atoms with van der Waals surface area (Å²) in [5.41, 5.74) is 3.32. The lowest BCUT2D eigenvalue weighted by atomic mass is 9.85. The lowest BCUT2D eigenvalue weighted by molar-refractivity contribution is -0.122. The van der Waals surface area contributed by atoms with Crippen molar-refractivity contribution in [3.8, 4) is 11.1 Å². The first kappa shape index (κ1) is 17.6. The summed E-state index contributed by atoms with van der Waals surface area (Å²) >= 11 is 0. The van der Waals surface area contributed by atoms with Gasteiger partial charge < -0.3 is 5.32 Å². The highest BCUT2D eigenvalue weighted by Crippen LogP contribution is 2.42. The molecule has 0 radical (unpaired) electrons. The van der Waals surface area contributed by atoms with Crippen LogP contribution in [0.15, 0.2) is 47.5 Å². The molecule has 1 spiro atoms. The maximum atomic E-state index is 13.7. The summed E-state index contributed by atoms with van der Waals surface area (Å²) in [5, 5.41) is 6.11. The molecule has 140 valence electrons. The van der Waals surface area contributed by atoms with Gasteiger partial charge in [-0.05, 0) is 47.2 Å². The summed E-state index contributed by atoms with van der Waals surface area (Å²) in [5.74, 6) is -2.49. The second-order valence-electron chi connectivity index (χ2n) is 7.35. The fourth-order valence-corrected chi connectivity index (χ4v) is 4.05. The van der Waals surface area contributed by atoms with Crippen LogP contribution in [0.25, 0.3) is 11.1 Å². The topological polar surface area (TPSA) is 53.5 Å². The Hall–Kier alpha value is -2.76. The van der Waals surface area contributed by atoms with Crippen LogP contribution in [0.2, 0.25) is 0 Å². The van der Waals surface area contributed by atoms with E-state index < -0.39 is 11.5 Å². The van der Waals surface area contributed by atoms with Crippen LogP contribution in [0.1, 0.15) is 36.5 Å². The maximum Gasteiger partial charge on any atom is 0.270 e. The van der Waals surface area contributed by atoms with E-state index in [9.17, 15) is 13.6 Å². The highest BCUT2D eigenvalue weighted by atomic mass is 19.3. The van der Waals surface area contributed by atoms with Crippen LogP contribution < -0.4 is 10.6 Å². The number of alkyl halides is 2. The summed E-state index contributed by atoms with van der Waals surface area (Å²) in [6, 6.07) is 12.5. The monoisotopic (exact) mass is 369 g/mol. The second kappa shape index (κ2) is 6.15. The minimum atomic E-state index is -2.89. The van der Waals surface area contributed by atoms with Gasteiger partial charge in [0.1, 0.15) is 0 Å². The molecule has 27 heavy (non-hydrogen) atoms. The van der Waals surface area contributed by atoms with Crippen molar-refractivity contribution in [1.29, 1.82) is 0 Å². The van der Waals surface area contributed by atoms with E-state index in [0.717, 1.165) is 36.5 Å². The van der Waals surface area contributed by atoms with Gasteiger partial charge in [-0.1, -0.05) is 30.3 Å². The van der Waals surface area contributed by atoms with E-state index in [1.54, 1.807) is 13.1 Å². The largest absolute Gasteiger partial charge is 0.346 e. The number of halogens is 2. The molecule has 1 amide bonds. The minimum absolute atomic E-state index is 0.00853. The average Bonchev–Trinajstić information content (AvgIpc) is 2.97. The molecule has 1 fully saturated rings. The lowest BCUT2D eigenvalue weighted by Gasteiger charge is -2.36. The summed E-state index contributed by atoms with van der Waals surface area (Å²) in [7, 11) is 1.63. The first-order chi connectivity index (χ1) is 12.8. The molecule has 2 N–H and O–H groups in total. The Labute approximate surface area is 156 Å². The molecule has 0 unspecified atom stereocenters. The third kappa shape index (κ3) is 3.09. The zero-order valence-corrected chi connectivity index (χ0v) is 15.3. The third-order valence-electron chi connectivity index (χ3n) is 5.45. The number of carbonyl (C=O) groups excluding carboxylic acids is 1. The van der Waals surface area contributed by atoms with Crippen LogP contribution in [0.5, 0.6) is 0 Å². The van der Waals surface area contributed by atoms with Gasteiger partial charge in [0.15, 0.2) is 5.96 Å². The van der Waals surface area contributed by atoms with Crippen molar-refractivity contribution in [2.45, 2.75) is 37.6 Å². The standard InChI is InChI=1S/C21H21F2N3O/c1-20(22,23)16-5-3-4-14(10-16)15-7-6-13-8-9-21(17(13)11-15)12-18(27)25-19(24-2)26-21/h3-7,10-11H,8-9,12H2,1-2H3,(H2,24,25,26,27)/t21-/m0/s1. The number of benzene rings is 2. The van der Waals surface area contributed by atoms with Crippen molar-refractivity contribution in [1.82, 2.24) is 10.6 Å². The predicted octanol–water partition coefficient (Wildman–Crippen LogP) is 3.70. The van der Waals surface area contributed by atoms with Crippen LogP contribution in [0.4, 0.5) is 8.78 Å². The van der Waals surface area contributed by atoms with Crippen molar-refractivity contribution >= 4 is 11.9 Å². The number of hydrogen-bond acceptors (Lipinski definition) is 2. The van der Waals surface area contributed by atoms with Crippen LogP contribution in [0.3, 0.4) is 0 Å². The van der Waals surface area contributed by atoms with Gasteiger partial charge in [0.05, 0.1) is 12.0 Å². The molecule has 2 aromatic carbocycles. The van der Waals surface area contributed by atoms with Gasteiger partial charge in [0, 0.05) is 19.5 Å². The van der Waals surface area contributed by atoms with E-state index in [1.165, 1.54) is 17.7 Å². The van der Waals surface area contributed by atoms with Crippen molar-refractivity contribution in [3.05, 3.63) is 59.2 Å². The second-order valence-corrected chi connectivity index (χ2v) is 7.35. The molecular weight excluding hydrogens is 348 g/mol. The molecule has 0 aromatic heterocycles. The van der Waals surface area contributed by atoms with Crippen molar-refractivity contribution in [2.24, 2.45) is 4.99 Å². The average molecular weight is 369 g/mol. The number of amides is 1. The normalized spacial score (nSPS) is 23.3. The van der Waals surface area contributed by atoms with E-state index in [-0.39, 0.29) is 11.5 Å². The van der Waals surface area contributed by atoms with Gasteiger partial charge in [-0.15, -0.1) is 0 Å². The number of carbonyl (C=O) groups is 1. The molecule has 1 saturated heterocycles. The number of hydrogen-bond donors (Lipinski definition) is 2. The number of aryl methyl sites for hydroxylation is 1. The van der Waals surface area contributed by atoms with Crippen LogP contribution >= 0.6 is 0 Å². The Kier molecular flexibility index (Phi) is 4.02. The van der Waals surface area contributed by atoms with E-state index >= 15 is 0 Å². The molecule has 4 nitrogen and oxygen atoms in total. The molecule has 2 aliphatic rings. The van der Waals surface area contributed by atoms with Gasteiger partial charge in [0.2, 0.25) is 5.91 Å². The molecule has 1 aliphatic heterocycles. The van der Waals surface area contributed by atoms with Gasteiger partial charge >= 0.3 is 0 Å². The Morgan fingerprint density at radius 3 is 2.67 bits per heavy atom. The Morgan fingerprint density at radius 1 is 1.15 bits per heavy atom. The summed E-state index contributed by atoms with van der Waals surface area (Å²) < 4.78 is 27.4. The van der Waals surface area contributed by atoms with Crippen molar-refractivity contribution < 1.29 is 13.6 Å². The Balaban J connectivity index is 1.77. The van der Waals surface area contributed by atoms with Crippen molar-refractivity contribution in [3.63, 3.8) is 0 Å². The highest BCUT2D eigenvalue weighted by molar-refractivity contribution is 6.00. The van der Waals surface area contributed by atoms with Gasteiger partial charge in [-0.2, -0.15) is 0 Å². The fraction of sp³-hybridized carbons (Fsp3) is 0.333. The Bertz CT molecular complexity index is 949. The van der Waals surface area contributed by atoms with Gasteiger partial charge in [-0.3, -0.25) is 15.1 Å². The van der Waals surface area contributed by atoms with Crippen LogP contribution in [-0.4, -0.2) is 18.9 Å². The molecule has 0 saturated carbocycles. The number of fused-ring (bicyclic) bond motifs is 2. The van der Waals surface area contributed by atoms with Gasteiger partial charge in [-0.25, -0.2) is 8.78 Å². The number of nitrogens with one attached hydrogen (secondary N) is 2. The van der Waals surface area contributed by atoms with E-state index in [1.807, 2.05) is 24.3 Å². The van der Waals surface area contributed by atoms with Crippen LogP contribution in [0, 0.1) is 0 Å². The predicted molar refractivity (Wildman–Crippen MR) is 101 cm³/mol. The number of nitrogens with zero attached hydrogens (tertiary/aromatic N) is 1. The van der Waals surface area contributed by atoms with Crippen LogP contribution in [-0.2, 0) is 22.7 Å². The quantitative estimate of drug-likeness (QED) is 0.848. The van der Waals surface area contributed by atoms with E-state index in [4.69, 9.17) is 0 Å². The smallest absolute Gasteiger partial charge is 0.270 e. The number of rotatable bonds is 2. The van der Waals surface area contributed by atoms with E-state index in [2.05, 4.69) is 15.6 Å². The zero-order chi connectivity index (χ0) is 19.2.